The van der Waals surface area contributed by atoms with Gasteiger partial charge in [0.2, 0.25) is 0 Å². The molecule has 0 radical (unpaired) electrons. The highest BCUT2D eigenvalue weighted by atomic mass is 32.2. The maximum absolute atomic E-state index is 12.4. The van der Waals surface area contributed by atoms with E-state index >= 15 is 0 Å². The zero-order chi connectivity index (χ0) is 18.6. The first-order chi connectivity index (χ1) is 11.7. The summed E-state index contributed by atoms with van der Waals surface area (Å²) in [4.78, 5) is 12.6. The van der Waals surface area contributed by atoms with Gasteiger partial charge in [-0.05, 0) is 41.3 Å². The van der Waals surface area contributed by atoms with Crippen molar-refractivity contribution in [2.45, 2.75) is 24.8 Å². The standard InChI is InChI=1S/C19H23NO4S/c1-13(2)18(12-21)20-19(22)16-6-4-5-15(11-16)14-7-9-17(10-8-14)25(3,23)24/h4-11,13,18,21H,12H2,1-3H3,(H,20,22)/t18-/m1/s1. The Morgan fingerprint density at radius 1 is 1.08 bits per heavy atom. The maximum Gasteiger partial charge on any atom is 0.251 e. The van der Waals surface area contributed by atoms with Crippen molar-refractivity contribution in [1.29, 1.82) is 0 Å². The number of carbonyl (C=O) groups is 1. The Labute approximate surface area is 148 Å². The molecule has 0 aliphatic rings. The molecule has 25 heavy (non-hydrogen) atoms. The molecule has 0 aliphatic carbocycles. The molecule has 0 fully saturated rings. The lowest BCUT2D eigenvalue weighted by Gasteiger charge is -2.20. The molecule has 0 aliphatic heterocycles. The first-order valence-electron chi connectivity index (χ1n) is 8.04. The summed E-state index contributed by atoms with van der Waals surface area (Å²) in [6, 6.07) is 13.3. The molecule has 0 unspecified atom stereocenters. The third-order valence-electron chi connectivity index (χ3n) is 4.06. The predicted molar refractivity (Wildman–Crippen MR) is 98.2 cm³/mol. The number of sulfone groups is 1. The molecule has 0 aromatic heterocycles. The Kier molecular flexibility index (Phi) is 5.98. The van der Waals surface area contributed by atoms with Crippen molar-refractivity contribution < 1.29 is 18.3 Å². The molecule has 0 saturated heterocycles. The maximum atomic E-state index is 12.4. The van der Waals surface area contributed by atoms with Gasteiger partial charge in [-0.1, -0.05) is 38.1 Å². The van der Waals surface area contributed by atoms with Crippen LogP contribution in [0.15, 0.2) is 53.4 Å². The van der Waals surface area contributed by atoms with Gasteiger partial charge in [-0.15, -0.1) is 0 Å². The fourth-order valence-corrected chi connectivity index (χ4v) is 3.04. The van der Waals surface area contributed by atoms with Gasteiger partial charge in [0.1, 0.15) is 0 Å². The highest BCUT2D eigenvalue weighted by molar-refractivity contribution is 7.90. The van der Waals surface area contributed by atoms with Gasteiger partial charge in [0, 0.05) is 11.8 Å². The first-order valence-corrected chi connectivity index (χ1v) is 9.94. The number of aliphatic hydroxyl groups excluding tert-OH is 1. The van der Waals surface area contributed by atoms with Crippen LogP contribution in [-0.4, -0.2) is 38.3 Å². The third kappa shape index (κ3) is 4.90. The molecular weight excluding hydrogens is 338 g/mol. The third-order valence-corrected chi connectivity index (χ3v) is 5.19. The number of aliphatic hydroxyl groups is 1. The largest absolute Gasteiger partial charge is 0.394 e. The van der Waals surface area contributed by atoms with E-state index in [4.69, 9.17) is 0 Å². The van der Waals surface area contributed by atoms with E-state index in [1.54, 1.807) is 42.5 Å². The summed E-state index contributed by atoms with van der Waals surface area (Å²) in [6.45, 7) is 3.75. The second-order valence-corrected chi connectivity index (χ2v) is 8.40. The van der Waals surface area contributed by atoms with Gasteiger partial charge in [0.15, 0.2) is 9.84 Å². The molecule has 2 N–H and O–H groups in total. The van der Waals surface area contributed by atoms with E-state index in [1.807, 2.05) is 19.9 Å². The van der Waals surface area contributed by atoms with Crippen molar-refractivity contribution in [2.75, 3.05) is 12.9 Å². The Balaban J connectivity index is 2.25. The number of rotatable bonds is 6. The fraction of sp³-hybridized carbons (Fsp3) is 0.316. The molecule has 2 aromatic carbocycles. The first kappa shape index (κ1) is 19.1. The van der Waals surface area contributed by atoms with E-state index in [0.717, 1.165) is 11.1 Å². The van der Waals surface area contributed by atoms with Gasteiger partial charge < -0.3 is 10.4 Å². The zero-order valence-corrected chi connectivity index (χ0v) is 15.4. The summed E-state index contributed by atoms with van der Waals surface area (Å²) in [5, 5.41) is 12.2. The van der Waals surface area contributed by atoms with Crippen LogP contribution in [0.5, 0.6) is 0 Å². The summed E-state index contributed by atoms with van der Waals surface area (Å²) in [6.07, 6.45) is 1.17. The molecule has 0 saturated carbocycles. The van der Waals surface area contributed by atoms with Crippen LogP contribution in [0.4, 0.5) is 0 Å². The van der Waals surface area contributed by atoms with Crippen molar-refractivity contribution in [3.05, 3.63) is 54.1 Å². The fourth-order valence-electron chi connectivity index (χ4n) is 2.41. The smallest absolute Gasteiger partial charge is 0.251 e. The number of hydrogen-bond acceptors (Lipinski definition) is 4. The van der Waals surface area contributed by atoms with Crippen molar-refractivity contribution in [3.63, 3.8) is 0 Å². The van der Waals surface area contributed by atoms with Gasteiger partial charge in [0.05, 0.1) is 17.5 Å². The van der Waals surface area contributed by atoms with Gasteiger partial charge in [-0.2, -0.15) is 0 Å². The summed E-state index contributed by atoms with van der Waals surface area (Å²) in [5.41, 5.74) is 2.13. The lowest BCUT2D eigenvalue weighted by atomic mass is 10.0. The van der Waals surface area contributed by atoms with Crippen molar-refractivity contribution >= 4 is 15.7 Å². The summed E-state index contributed by atoms with van der Waals surface area (Å²) in [7, 11) is -3.24. The molecule has 0 spiro atoms. The highest BCUT2D eigenvalue weighted by Gasteiger charge is 2.16. The van der Waals surface area contributed by atoms with E-state index in [-0.39, 0.29) is 29.4 Å². The average Bonchev–Trinajstić information content (AvgIpc) is 2.58. The minimum atomic E-state index is -3.24. The topological polar surface area (TPSA) is 83.5 Å². The van der Waals surface area contributed by atoms with Crippen molar-refractivity contribution in [1.82, 2.24) is 5.32 Å². The molecule has 134 valence electrons. The van der Waals surface area contributed by atoms with E-state index in [1.165, 1.54) is 6.26 Å². The van der Waals surface area contributed by atoms with Crippen molar-refractivity contribution in [2.24, 2.45) is 5.92 Å². The van der Waals surface area contributed by atoms with Crippen LogP contribution in [0, 0.1) is 5.92 Å². The van der Waals surface area contributed by atoms with Crippen LogP contribution in [0.2, 0.25) is 0 Å². The molecule has 0 heterocycles. The predicted octanol–water partition coefficient (Wildman–Crippen LogP) is 2.50. The Hall–Kier alpha value is -2.18. The van der Waals surface area contributed by atoms with Gasteiger partial charge in [-0.3, -0.25) is 4.79 Å². The SMILES string of the molecule is CC(C)[C@@H](CO)NC(=O)c1cccc(-c2ccc(S(C)(=O)=O)cc2)c1. The Morgan fingerprint density at radius 2 is 1.72 bits per heavy atom. The average molecular weight is 361 g/mol. The molecule has 2 aromatic rings. The molecular formula is C19H23NO4S. The van der Waals surface area contributed by atoms with Crippen LogP contribution in [0.1, 0.15) is 24.2 Å². The number of carbonyl (C=O) groups excluding carboxylic acids is 1. The second kappa shape index (κ2) is 7.80. The number of amides is 1. The van der Waals surface area contributed by atoms with E-state index in [0.29, 0.717) is 5.56 Å². The van der Waals surface area contributed by atoms with E-state index < -0.39 is 9.84 Å². The molecule has 5 nitrogen and oxygen atoms in total. The van der Waals surface area contributed by atoms with Crippen LogP contribution in [0.3, 0.4) is 0 Å². The number of hydrogen-bond donors (Lipinski definition) is 2. The summed E-state index contributed by atoms with van der Waals surface area (Å²) >= 11 is 0. The number of nitrogens with one attached hydrogen (secondary N) is 1. The Bertz CT molecular complexity index is 842. The minimum Gasteiger partial charge on any atom is -0.394 e. The van der Waals surface area contributed by atoms with Crippen molar-refractivity contribution in [3.8, 4) is 11.1 Å². The Morgan fingerprint density at radius 3 is 2.24 bits per heavy atom. The summed E-state index contributed by atoms with van der Waals surface area (Å²) in [5.74, 6) is -0.122. The molecule has 1 amide bonds. The van der Waals surface area contributed by atoms with E-state index in [2.05, 4.69) is 5.32 Å². The second-order valence-electron chi connectivity index (χ2n) is 6.38. The summed E-state index contributed by atoms with van der Waals surface area (Å²) < 4.78 is 23.1. The van der Waals surface area contributed by atoms with Crippen LogP contribution in [0.25, 0.3) is 11.1 Å². The molecule has 1 atom stereocenters. The van der Waals surface area contributed by atoms with Gasteiger partial charge >= 0.3 is 0 Å². The van der Waals surface area contributed by atoms with Crippen LogP contribution >= 0.6 is 0 Å². The van der Waals surface area contributed by atoms with Crippen LogP contribution < -0.4 is 5.32 Å². The molecule has 6 heteroatoms. The van der Waals surface area contributed by atoms with Gasteiger partial charge in [0.25, 0.3) is 5.91 Å². The lowest BCUT2D eigenvalue weighted by molar-refractivity contribution is 0.0897. The van der Waals surface area contributed by atoms with Crippen LogP contribution in [-0.2, 0) is 9.84 Å². The molecule has 0 bridgehead atoms. The normalized spacial score (nSPS) is 12.8. The van der Waals surface area contributed by atoms with Gasteiger partial charge in [-0.25, -0.2) is 8.42 Å². The monoisotopic (exact) mass is 361 g/mol. The highest BCUT2D eigenvalue weighted by Crippen LogP contribution is 2.22. The number of benzene rings is 2. The quantitative estimate of drug-likeness (QED) is 0.828. The molecule has 2 rings (SSSR count). The lowest BCUT2D eigenvalue weighted by Crippen LogP contribution is -2.41. The zero-order valence-electron chi connectivity index (χ0n) is 14.6. The van der Waals surface area contributed by atoms with E-state index in [9.17, 15) is 18.3 Å². The minimum absolute atomic E-state index is 0.115.